The van der Waals surface area contributed by atoms with Crippen molar-refractivity contribution in [3.63, 3.8) is 0 Å². The molecule has 1 aromatic heterocycles. The number of nitrogens with zero attached hydrogens (tertiary/aromatic N) is 2. The van der Waals surface area contributed by atoms with Crippen molar-refractivity contribution in [2.75, 3.05) is 12.9 Å². The summed E-state index contributed by atoms with van der Waals surface area (Å²) in [6, 6.07) is 16.6. The number of hydrogen-bond acceptors (Lipinski definition) is 6. The Hall–Kier alpha value is -2.60. The van der Waals surface area contributed by atoms with Crippen LogP contribution < -0.4 is 4.74 Å². The molecule has 0 saturated heterocycles. The van der Waals surface area contributed by atoms with E-state index < -0.39 is 0 Å². The van der Waals surface area contributed by atoms with E-state index in [4.69, 9.17) is 9.15 Å². The zero-order valence-electron chi connectivity index (χ0n) is 12.4. The third-order valence-electron chi connectivity index (χ3n) is 3.16. The van der Waals surface area contributed by atoms with Gasteiger partial charge in [-0.15, -0.1) is 10.2 Å². The summed E-state index contributed by atoms with van der Waals surface area (Å²) >= 11 is 1.21. The predicted octanol–water partition coefficient (Wildman–Crippen LogP) is 3.72. The predicted molar refractivity (Wildman–Crippen MR) is 87.8 cm³/mol. The van der Waals surface area contributed by atoms with Crippen LogP contribution in [0.3, 0.4) is 0 Å². The van der Waals surface area contributed by atoms with E-state index in [2.05, 4.69) is 10.2 Å². The van der Waals surface area contributed by atoms with Crippen LogP contribution in [0.1, 0.15) is 10.4 Å². The van der Waals surface area contributed by atoms with E-state index in [1.54, 1.807) is 25.3 Å². The third kappa shape index (κ3) is 3.60. The summed E-state index contributed by atoms with van der Waals surface area (Å²) in [4.78, 5) is 12.3. The second kappa shape index (κ2) is 7.11. The lowest BCUT2D eigenvalue weighted by Crippen LogP contribution is -2.04. The summed E-state index contributed by atoms with van der Waals surface area (Å²) in [6.45, 7) is 0. The van der Waals surface area contributed by atoms with Gasteiger partial charge in [0, 0.05) is 5.56 Å². The molecular formula is C17H14N2O3S. The molecule has 5 nitrogen and oxygen atoms in total. The Balaban J connectivity index is 1.67. The molecular weight excluding hydrogens is 312 g/mol. The van der Waals surface area contributed by atoms with Gasteiger partial charge >= 0.3 is 0 Å². The van der Waals surface area contributed by atoms with Gasteiger partial charge in [-0.3, -0.25) is 4.79 Å². The number of thioether (sulfide) groups is 1. The number of carbonyl (C=O) groups excluding carboxylic acids is 1. The minimum absolute atomic E-state index is 0.0492. The van der Waals surface area contributed by atoms with Crippen molar-refractivity contribution in [1.29, 1.82) is 0 Å². The van der Waals surface area contributed by atoms with Gasteiger partial charge < -0.3 is 9.15 Å². The maximum atomic E-state index is 12.3. The summed E-state index contributed by atoms with van der Waals surface area (Å²) in [5.74, 6) is 1.16. The second-order valence-corrected chi connectivity index (χ2v) is 5.58. The van der Waals surface area contributed by atoms with Crippen LogP contribution in [0, 0.1) is 0 Å². The van der Waals surface area contributed by atoms with Crippen molar-refractivity contribution < 1.29 is 13.9 Å². The Kier molecular flexibility index (Phi) is 4.73. The number of benzene rings is 2. The van der Waals surface area contributed by atoms with E-state index in [1.165, 1.54) is 11.8 Å². The minimum atomic E-state index is -0.0492. The first-order chi connectivity index (χ1) is 11.3. The van der Waals surface area contributed by atoms with E-state index in [1.807, 2.05) is 36.4 Å². The van der Waals surface area contributed by atoms with Crippen LogP contribution in [-0.4, -0.2) is 28.8 Å². The average molecular weight is 326 g/mol. The molecule has 116 valence electrons. The minimum Gasteiger partial charge on any atom is -0.496 e. The van der Waals surface area contributed by atoms with Gasteiger partial charge in [0.25, 0.3) is 5.22 Å². The van der Waals surface area contributed by atoms with Crippen LogP contribution in [0.2, 0.25) is 0 Å². The summed E-state index contributed by atoms with van der Waals surface area (Å²) < 4.78 is 10.8. The number of rotatable bonds is 6. The maximum absolute atomic E-state index is 12.3. The largest absolute Gasteiger partial charge is 0.496 e. The molecule has 0 bridgehead atoms. The van der Waals surface area contributed by atoms with Crippen molar-refractivity contribution in [2.24, 2.45) is 0 Å². The Labute approximate surface area is 137 Å². The highest BCUT2D eigenvalue weighted by Gasteiger charge is 2.15. The molecule has 0 spiro atoms. The lowest BCUT2D eigenvalue weighted by Gasteiger charge is -2.05. The van der Waals surface area contributed by atoms with Gasteiger partial charge in [0.15, 0.2) is 5.78 Å². The molecule has 0 aliphatic heterocycles. The van der Waals surface area contributed by atoms with Crippen LogP contribution in [0.15, 0.2) is 64.2 Å². The Bertz CT molecular complexity index is 802. The van der Waals surface area contributed by atoms with Crippen LogP contribution in [0.4, 0.5) is 0 Å². The Morgan fingerprint density at radius 1 is 1.09 bits per heavy atom. The molecule has 0 aliphatic carbocycles. The quantitative estimate of drug-likeness (QED) is 0.508. The van der Waals surface area contributed by atoms with E-state index in [0.717, 1.165) is 5.56 Å². The smallest absolute Gasteiger partial charge is 0.277 e. The van der Waals surface area contributed by atoms with Crippen molar-refractivity contribution in [3.05, 3.63) is 60.2 Å². The lowest BCUT2D eigenvalue weighted by atomic mass is 10.1. The van der Waals surface area contributed by atoms with Gasteiger partial charge in [-0.05, 0) is 24.3 Å². The van der Waals surface area contributed by atoms with Gasteiger partial charge in [-0.2, -0.15) is 0 Å². The number of ether oxygens (including phenoxy) is 1. The summed E-state index contributed by atoms with van der Waals surface area (Å²) in [6.07, 6.45) is 0. The zero-order chi connectivity index (χ0) is 16.1. The van der Waals surface area contributed by atoms with E-state index >= 15 is 0 Å². The molecule has 3 aromatic rings. The molecule has 0 amide bonds. The van der Waals surface area contributed by atoms with Gasteiger partial charge in [0.1, 0.15) is 5.75 Å². The molecule has 0 aliphatic rings. The molecule has 0 fully saturated rings. The first-order valence-electron chi connectivity index (χ1n) is 6.96. The fraction of sp³-hybridized carbons (Fsp3) is 0.118. The van der Waals surface area contributed by atoms with E-state index in [9.17, 15) is 4.79 Å². The number of methoxy groups -OCH3 is 1. The fourth-order valence-corrected chi connectivity index (χ4v) is 2.69. The highest BCUT2D eigenvalue weighted by molar-refractivity contribution is 7.99. The van der Waals surface area contributed by atoms with Gasteiger partial charge in [0.05, 0.1) is 18.4 Å². The highest BCUT2D eigenvalue weighted by Crippen LogP contribution is 2.25. The normalized spacial score (nSPS) is 10.5. The Morgan fingerprint density at radius 3 is 2.61 bits per heavy atom. The molecule has 2 aromatic carbocycles. The molecule has 0 unspecified atom stereocenters. The highest BCUT2D eigenvalue weighted by atomic mass is 32.2. The van der Waals surface area contributed by atoms with Crippen molar-refractivity contribution >= 4 is 17.5 Å². The molecule has 6 heteroatoms. The number of carbonyl (C=O) groups is 1. The first-order valence-corrected chi connectivity index (χ1v) is 7.94. The number of Topliss-reactive ketones (excluding diaryl/α,β-unsaturated/α-hetero) is 1. The number of para-hydroxylation sites is 1. The Morgan fingerprint density at radius 2 is 1.83 bits per heavy atom. The zero-order valence-corrected chi connectivity index (χ0v) is 13.2. The van der Waals surface area contributed by atoms with Gasteiger partial charge in [0.2, 0.25) is 5.89 Å². The van der Waals surface area contributed by atoms with Crippen molar-refractivity contribution in [3.8, 4) is 17.2 Å². The topological polar surface area (TPSA) is 65.2 Å². The SMILES string of the molecule is COc1ccccc1C(=O)CSc1nnc(-c2ccccc2)o1. The number of ketones is 1. The fourth-order valence-electron chi connectivity index (χ4n) is 2.05. The lowest BCUT2D eigenvalue weighted by molar-refractivity contribution is 0.101. The number of hydrogen-bond donors (Lipinski definition) is 0. The summed E-state index contributed by atoms with van der Waals surface area (Å²) in [5, 5.41) is 8.33. The van der Waals surface area contributed by atoms with Crippen molar-refractivity contribution in [1.82, 2.24) is 10.2 Å². The van der Waals surface area contributed by atoms with Crippen LogP contribution in [0.5, 0.6) is 5.75 Å². The molecule has 23 heavy (non-hydrogen) atoms. The standard InChI is InChI=1S/C17H14N2O3S/c1-21-15-10-6-5-9-13(15)14(20)11-23-17-19-18-16(22-17)12-7-3-2-4-8-12/h2-10H,11H2,1H3. The number of aromatic nitrogens is 2. The van der Waals surface area contributed by atoms with Gasteiger partial charge in [-0.1, -0.05) is 42.1 Å². The van der Waals surface area contributed by atoms with E-state index in [-0.39, 0.29) is 11.5 Å². The summed E-state index contributed by atoms with van der Waals surface area (Å²) in [7, 11) is 1.55. The van der Waals surface area contributed by atoms with Crippen LogP contribution >= 0.6 is 11.8 Å². The monoisotopic (exact) mass is 326 g/mol. The molecule has 3 rings (SSSR count). The van der Waals surface area contributed by atoms with E-state index in [0.29, 0.717) is 22.4 Å². The summed E-state index contributed by atoms with van der Waals surface area (Å²) in [5.41, 5.74) is 1.40. The van der Waals surface area contributed by atoms with Gasteiger partial charge in [-0.25, -0.2) is 0 Å². The molecule has 0 radical (unpaired) electrons. The molecule has 0 N–H and O–H groups in total. The molecule has 1 heterocycles. The third-order valence-corrected chi connectivity index (χ3v) is 3.98. The molecule has 0 saturated carbocycles. The second-order valence-electron chi connectivity index (χ2n) is 4.65. The molecule has 0 atom stereocenters. The average Bonchev–Trinajstić information content (AvgIpc) is 3.09. The first kappa shape index (κ1) is 15.3. The van der Waals surface area contributed by atoms with Crippen LogP contribution in [-0.2, 0) is 0 Å². The van der Waals surface area contributed by atoms with Crippen molar-refractivity contribution in [2.45, 2.75) is 5.22 Å². The van der Waals surface area contributed by atoms with Crippen LogP contribution in [0.25, 0.3) is 11.5 Å². The maximum Gasteiger partial charge on any atom is 0.277 e.